The van der Waals surface area contributed by atoms with Crippen LogP contribution in [0.15, 0.2) is 66.2 Å². The molecule has 152 valence electrons. The average Bonchev–Trinajstić information content (AvgIpc) is 2.68. The van der Waals surface area contributed by atoms with Crippen LogP contribution in [-0.2, 0) is 11.2 Å². The third-order valence-corrected chi connectivity index (χ3v) is 6.33. The maximum atomic E-state index is 9.97. The van der Waals surface area contributed by atoms with Gasteiger partial charge in [0.15, 0.2) is 0 Å². The molecule has 0 amide bonds. The molecule has 0 bridgehead atoms. The molecule has 4 heteroatoms. The molecule has 0 radical (unpaired) electrons. The fraction of sp³-hybridized carbons (Fsp3) is 0.417. The van der Waals surface area contributed by atoms with Gasteiger partial charge in [0.1, 0.15) is 5.08 Å². The van der Waals surface area contributed by atoms with Gasteiger partial charge in [-0.25, -0.2) is 0 Å². The van der Waals surface area contributed by atoms with Gasteiger partial charge in [-0.2, -0.15) is 0 Å². The van der Waals surface area contributed by atoms with Crippen LogP contribution in [0, 0.1) is 5.92 Å². The first-order chi connectivity index (χ1) is 13.4. The highest BCUT2D eigenvalue weighted by Crippen LogP contribution is 2.40. The van der Waals surface area contributed by atoms with E-state index >= 15 is 0 Å². The Kier molecular flexibility index (Phi) is 9.83. The molecule has 28 heavy (non-hydrogen) atoms. The van der Waals surface area contributed by atoms with Crippen molar-refractivity contribution in [3.05, 3.63) is 71.8 Å². The van der Waals surface area contributed by atoms with Gasteiger partial charge in [0.05, 0.1) is 0 Å². The first kappa shape index (κ1) is 23.2. The Morgan fingerprint density at radius 3 is 2.50 bits per heavy atom. The van der Waals surface area contributed by atoms with Crippen molar-refractivity contribution in [3.8, 4) is 11.1 Å². The van der Waals surface area contributed by atoms with Crippen molar-refractivity contribution in [2.24, 2.45) is 5.92 Å². The van der Waals surface area contributed by atoms with E-state index in [9.17, 15) is 4.89 Å². The second kappa shape index (κ2) is 11.8. The SMILES string of the molecule is CC(C)=CCC[C@H](C)CCOC(P)(Cc1cccc(-c2ccccc2)c1)PO. The smallest absolute Gasteiger partial charge is 0.125 e. The summed E-state index contributed by atoms with van der Waals surface area (Å²) < 4.78 is 6.14. The Balaban J connectivity index is 1.90. The van der Waals surface area contributed by atoms with Crippen LogP contribution in [0.4, 0.5) is 0 Å². The number of ether oxygens (including phenoxy) is 1. The lowest BCUT2D eigenvalue weighted by Crippen LogP contribution is -2.23. The number of benzene rings is 2. The molecule has 3 unspecified atom stereocenters. The van der Waals surface area contributed by atoms with Crippen LogP contribution in [0.5, 0.6) is 0 Å². The summed E-state index contributed by atoms with van der Waals surface area (Å²) in [5.74, 6) is 0.619. The summed E-state index contributed by atoms with van der Waals surface area (Å²) in [6.45, 7) is 7.24. The van der Waals surface area contributed by atoms with Crippen molar-refractivity contribution in [1.29, 1.82) is 0 Å². The van der Waals surface area contributed by atoms with Gasteiger partial charge in [-0.05, 0) is 55.7 Å². The normalized spacial score (nSPS) is 14.8. The predicted molar refractivity (Wildman–Crippen MR) is 127 cm³/mol. The zero-order valence-corrected chi connectivity index (χ0v) is 19.5. The molecule has 0 aromatic heterocycles. The van der Waals surface area contributed by atoms with E-state index in [0.29, 0.717) is 18.9 Å². The van der Waals surface area contributed by atoms with Crippen LogP contribution >= 0.6 is 18.0 Å². The van der Waals surface area contributed by atoms with Crippen molar-refractivity contribution in [1.82, 2.24) is 0 Å². The van der Waals surface area contributed by atoms with Gasteiger partial charge in [-0.1, -0.05) is 82.4 Å². The number of rotatable bonds is 11. The van der Waals surface area contributed by atoms with Gasteiger partial charge in [-0.3, -0.25) is 0 Å². The molecular formula is C24H34O2P2. The van der Waals surface area contributed by atoms with Crippen molar-refractivity contribution >= 4 is 18.0 Å². The van der Waals surface area contributed by atoms with Gasteiger partial charge in [0.2, 0.25) is 0 Å². The highest BCUT2D eigenvalue weighted by molar-refractivity contribution is 7.47. The molecule has 0 saturated heterocycles. The zero-order valence-electron chi connectivity index (χ0n) is 17.3. The van der Waals surface area contributed by atoms with Crippen LogP contribution < -0.4 is 0 Å². The molecule has 2 rings (SSSR count). The second-order valence-corrected chi connectivity index (χ2v) is 10.4. The Labute approximate surface area is 174 Å². The average molecular weight is 416 g/mol. The highest BCUT2D eigenvalue weighted by Gasteiger charge is 2.25. The molecule has 2 nitrogen and oxygen atoms in total. The molecule has 0 heterocycles. The van der Waals surface area contributed by atoms with Gasteiger partial charge in [0.25, 0.3) is 0 Å². The Morgan fingerprint density at radius 1 is 1.11 bits per heavy atom. The molecule has 2 aromatic carbocycles. The highest BCUT2D eigenvalue weighted by atomic mass is 31.1. The molecular weight excluding hydrogens is 382 g/mol. The van der Waals surface area contributed by atoms with E-state index in [0.717, 1.165) is 12.8 Å². The fourth-order valence-electron chi connectivity index (χ4n) is 3.16. The van der Waals surface area contributed by atoms with E-state index in [1.54, 1.807) is 0 Å². The molecule has 0 aliphatic rings. The monoisotopic (exact) mass is 416 g/mol. The lowest BCUT2D eigenvalue weighted by Gasteiger charge is -2.28. The van der Waals surface area contributed by atoms with Crippen LogP contribution in [0.3, 0.4) is 0 Å². The maximum Gasteiger partial charge on any atom is 0.125 e. The zero-order chi connectivity index (χ0) is 20.4. The Morgan fingerprint density at radius 2 is 1.82 bits per heavy atom. The second-order valence-electron chi connectivity index (χ2n) is 7.85. The summed E-state index contributed by atoms with van der Waals surface area (Å²) in [7, 11) is 2.47. The number of allylic oxidation sites excluding steroid dienone is 2. The minimum atomic E-state index is -0.602. The predicted octanol–water partition coefficient (Wildman–Crippen LogP) is 6.80. The van der Waals surface area contributed by atoms with Crippen LogP contribution in [0.2, 0.25) is 0 Å². The van der Waals surface area contributed by atoms with Crippen LogP contribution in [-0.4, -0.2) is 16.6 Å². The first-order valence-corrected chi connectivity index (χ1v) is 11.6. The third kappa shape index (κ3) is 8.14. The van der Waals surface area contributed by atoms with Crippen molar-refractivity contribution < 1.29 is 9.63 Å². The van der Waals surface area contributed by atoms with Crippen LogP contribution in [0.25, 0.3) is 11.1 Å². The summed E-state index contributed by atoms with van der Waals surface area (Å²) in [5.41, 5.74) is 4.96. The lowest BCUT2D eigenvalue weighted by molar-refractivity contribution is 0.0716. The fourth-order valence-corrected chi connectivity index (χ4v) is 3.96. The minimum Gasteiger partial charge on any atom is -0.374 e. The topological polar surface area (TPSA) is 29.5 Å². The van der Waals surface area contributed by atoms with Gasteiger partial charge >= 0.3 is 0 Å². The number of hydrogen-bond acceptors (Lipinski definition) is 2. The van der Waals surface area contributed by atoms with Crippen LogP contribution in [0.1, 0.15) is 45.6 Å². The van der Waals surface area contributed by atoms with Gasteiger partial charge in [0, 0.05) is 21.8 Å². The van der Waals surface area contributed by atoms with Crippen molar-refractivity contribution in [2.45, 2.75) is 51.5 Å². The molecule has 0 fully saturated rings. The molecule has 0 spiro atoms. The molecule has 2 aromatic rings. The molecule has 0 saturated carbocycles. The Bertz CT molecular complexity index is 741. The van der Waals surface area contributed by atoms with E-state index in [-0.39, 0.29) is 8.81 Å². The largest absolute Gasteiger partial charge is 0.374 e. The lowest BCUT2D eigenvalue weighted by atomic mass is 10.0. The third-order valence-electron chi connectivity index (χ3n) is 4.87. The minimum absolute atomic E-state index is 0.277. The summed E-state index contributed by atoms with van der Waals surface area (Å²) in [4.78, 5) is 9.97. The summed E-state index contributed by atoms with van der Waals surface area (Å²) in [6.07, 6.45) is 6.30. The summed E-state index contributed by atoms with van der Waals surface area (Å²) in [5, 5.41) is -0.602. The van der Waals surface area contributed by atoms with Gasteiger partial charge in [-0.15, -0.1) is 0 Å². The van der Waals surface area contributed by atoms with E-state index < -0.39 is 5.08 Å². The quantitative estimate of drug-likeness (QED) is 0.322. The van der Waals surface area contributed by atoms with E-state index in [1.807, 2.05) is 6.07 Å². The molecule has 0 aliphatic carbocycles. The standard InChI is InChI=1S/C24H34O2P2/c1-19(2)9-7-10-20(3)15-16-26-24(27,28-25)18-21-11-8-14-23(17-21)22-12-5-4-6-13-22/h4-6,8-9,11-14,17,20,25,28H,7,10,15-16,18,27H2,1-3H3/t20-,24?/m0/s1. The number of hydrogen-bond donors (Lipinski definition) is 1. The first-order valence-electron chi connectivity index (χ1n) is 10.0. The maximum absolute atomic E-state index is 9.97. The van der Waals surface area contributed by atoms with E-state index in [4.69, 9.17) is 4.74 Å². The molecule has 4 atom stereocenters. The van der Waals surface area contributed by atoms with Crippen molar-refractivity contribution in [2.75, 3.05) is 6.61 Å². The van der Waals surface area contributed by atoms with Gasteiger partial charge < -0.3 is 9.63 Å². The van der Waals surface area contributed by atoms with E-state index in [2.05, 4.69) is 84.6 Å². The summed E-state index contributed by atoms with van der Waals surface area (Å²) in [6, 6.07) is 18.9. The summed E-state index contributed by atoms with van der Waals surface area (Å²) >= 11 is 0. The van der Waals surface area contributed by atoms with Crippen molar-refractivity contribution in [3.63, 3.8) is 0 Å². The molecule has 0 aliphatic heterocycles. The molecule has 1 N–H and O–H groups in total. The van der Waals surface area contributed by atoms with E-state index in [1.165, 1.54) is 28.7 Å². The Hall–Kier alpha value is -1.04.